The summed E-state index contributed by atoms with van der Waals surface area (Å²) in [5.74, 6) is -0.595. The van der Waals surface area contributed by atoms with Crippen LogP contribution in [0, 0.1) is 0 Å². The van der Waals surface area contributed by atoms with Crippen LogP contribution in [0.3, 0.4) is 0 Å². The third-order valence-corrected chi connectivity index (χ3v) is 4.78. The van der Waals surface area contributed by atoms with Crippen molar-refractivity contribution in [2.24, 2.45) is 0 Å². The zero-order valence-electron chi connectivity index (χ0n) is 10.1. The van der Waals surface area contributed by atoms with Gasteiger partial charge in [0.25, 0.3) is 0 Å². The number of nitrogens with zero attached hydrogens (tertiary/aromatic N) is 1. The molecule has 0 atom stereocenters. The van der Waals surface area contributed by atoms with Gasteiger partial charge in [-0.05, 0) is 18.2 Å². The summed E-state index contributed by atoms with van der Waals surface area (Å²) in [7, 11) is -3.51. The van der Waals surface area contributed by atoms with Gasteiger partial charge in [-0.25, -0.2) is 13.2 Å². The monoisotopic (exact) mass is 270 g/mol. The minimum absolute atomic E-state index is 0.149. The highest BCUT2D eigenvalue weighted by molar-refractivity contribution is 7.89. The molecule has 1 aromatic carbocycles. The van der Waals surface area contributed by atoms with E-state index >= 15 is 0 Å². The van der Waals surface area contributed by atoms with Crippen molar-refractivity contribution in [2.75, 3.05) is 13.1 Å². The van der Waals surface area contributed by atoms with Crippen molar-refractivity contribution in [1.82, 2.24) is 9.29 Å². The van der Waals surface area contributed by atoms with Gasteiger partial charge in [0, 0.05) is 13.1 Å². The lowest BCUT2D eigenvalue weighted by Crippen LogP contribution is -2.30. The molecule has 7 heteroatoms. The lowest BCUT2D eigenvalue weighted by molar-refractivity contribution is 0.445. The standard InChI is InChI=1S/C11H14N2O4S/c1-3-13(4-2)18(15,16)8-5-6-10-9(7-8)12-11(14)17-10/h5-7H,3-4H2,1-2H3,(H,12,14). The predicted molar refractivity (Wildman–Crippen MR) is 66.9 cm³/mol. The molecule has 0 amide bonds. The summed E-state index contributed by atoms with van der Waals surface area (Å²) in [5.41, 5.74) is 0.728. The molecule has 6 nitrogen and oxygen atoms in total. The largest absolute Gasteiger partial charge is 0.417 e. The van der Waals surface area contributed by atoms with Crippen molar-refractivity contribution in [2.45, 2.75) is 18.7 Å². The molecule has 0 saturated heterocycles. The molecule has 0 aliphatic heterocycles. The number of sulfonamides is 1. The minimum atomic E-state index is -3.51. The van der Waals surface area contributed by atoms with Crippen molar-refractivity contribution in [3.8, 4) is 0 Å². The van der Waals surface area contributed by atoms with Crippen molar-refractivity contribution < 1.29 is 12.8 Å². The van der Waals surface area contributed by atoms with Crippen molar-refractivity contribution in [3.63, 3.8) is 0 Å². The molecule has 0 fully saturated rings. The van der Waals surface area contributed by atoms with Crippen LogP contribution >= 0.6 is 0 Å². The second kappa shape index (κ2) is 4.58. The third-order valence-electron chi connectivity index (χ3n) is 2.73. The van der Waals surface area contributed by atoms with Crippen molar-refractivity contribution in [3.05, 3.63) is 28.7 Å². The van der Waals surface area contributed by atoms with Crippen LogP contribution in [0.15, 0.2) is 32.3 Å². The smallest absolute Gasteiger partial charge is 0.408 e. The minimum Gasteiger partial charge on any atom is -0.408 e. The number of oxazole rings is 1. The maximum atomic E-state index is 12.2. The summed E-state index contributed by atoms with van der Waals surface area (Å²) in [5, 5.41) is 0. The quantitative estimate of drug-likeness (QED) is 0.903. The van der Waals surface area contributed by atoms with Gasteiger partial charge < -0.3 is 4.42 Å². The molecular weight excluding hydrogens is 256 g/mol. The summed E-state index contributed by atoms with van der Waals surface area (Å²) in [4.78, 5) is 13.6. The van der Waals surface area contributed by atoms with E-state index in [1.54, 1.807) is 13.8 Å². The van der Waals surface area contributed by atoms with Crippen LogP contribution in [0.4, 0.5) is 0 Å². The number of rotatable bonds is 4. The molecule has 0 aliphatic rings. The molecule has 0 unspecified atom stereocenters. The van der Waals surface area contributed by atoms with E-state index in [1.807, 2.05) is 0 Å². The predicted octanol–water partition coefficient (Wildman–Crippen LogP) is 1.15. The summed E-state index contributed by atoms with van der Waals surface area (Å²) < 4.78 is 30.7. The van der Waals surface area contributed by atoms with Gasteiger partial charge in [-0.15, -0.1) is 0 Å². The van der Waals surface area contributed by atoms with Crippen LogP contribution in [0.2, 0.25) is 0 Å². The van der Waals surface area contributed by atoms with Gasteiger partial charge >= 0.3 is 5.76 Å². The Bertz CT molecular complexity index is 710. The highest BCUT2D eigenvalue weighted by atomic mass is 32.2. The number of aromatic amines is 1. The zero-order valence-corrected chi connectivity index (χ0v) is 11.0. The van der Waals surface area contributed by atoms with Gasteiger partial charge in [0.05, 0.1) is 10.4 Å². The van der Waals surface area contributed by atoms with Gasteiger partial charge in [0.2, 0.25) is 10.0 Å². The first-order valence-electron chi connectivity index (χ1n) is 5.62. The highest BCUT2D eigenvalue weighted by Gasteiger charge is 2.22. The second-order valence-electron chi connectivity index (χ2n) is 3.76. The average molecular weight is 270 g/mol. The fraction of sp³-hybridized carbons (Fsp3) is 0.364. The number of hydrogen-bond donors (Lipinski definition) is 1. The molecule has 0 saturated carbocycles. The van der Waals surface area contributed by atoms with Gasteiger partial charge in [0.1, 0.15) is 0 Å². The number of hydrogen-bond acceptors (Lipinski definition) is 4. The molecule has 2 aromatic rings. The summed E-state index contributed by atoms with van der Waals surface area (Å²) in [6.07, 6.45) is 0. The fourth-order valence-electron chi connectivity index (χ4n) is 1.80. The van der Waals surface area contributed by atoms with Gasteiger partial charge in [0.15, 0.2) is 5.58 Å². The number of H-pyrrole nitrogens is 1. The Kier molecular flexibility index (Phi) is 3.27. The molecule has 98 valence electrons. The van der Waals surface area contributed by atoms with Gasteiger partial charge in [-0.3, -0.25) is 4.98 Å². The molecule has 0 radical (unpaired) electrons. The van der Waals surface area contributed by atoms with E-state index < -0.39 is 15.8 Å². The number of fused-ring (bicyclic) bond motifs is 1. The molecular formula is C11H14N2O4S. The Morgan fingerprint density at radius 2 is 1.94 bits per heavy atom. The Morgan fingerprint density at radius 1 is 1.28 bits per heavy atom. The molecule has 0 spiro atoms. The van der Waals surface area contributed by atoms with Crippen LogP contribution in [0.25, 0.3) is 11.1 Å². The maximum Gasteiger partial charge on any atom is 0.417 e. The molecule has 0 bridgehead atoms. The third kappa shape index (κ3) is 2.06. The normalized spacial score (nSPS) is 12.4. The van der Waals surface area contributed by atoms with E-state index in [2.05, 4.69) is 4.98 Å². The molecule has 2 rings (SSSR count). The summed E-state index contributed by atoms with van der Waals surface area (Å²) in [6.45, 7) is 4.36. The van der Waals surface area contributed by atoms with Crippen molar-refractivity contribution in [1.29, 1.82) is 0 Å². The fourth-order valence-corrected chi connectivity index (χ4v) is 3.29. The lowest BCUT2D eigenvalue weighted by Gasteiger charge is -2.18. The molecule has 1 N–H and O–H groups in total. The number of nitrogens with one attached hydrogen (secondary N) is 1. The van der Waals surface area contributed by atoms with E-state index in [4.69, 9.17) is 4.42 Å². The van der Waals surface area contributed by atoms with Crippen LogP contribution in [0.5, 0.6) is 0 Å². The molecule has 1 heterocycles. The number of benzene rings is 1. The highest BCUT2D eigenvalue weighted by Crippen LogP contribution is 2.19. The Labute approximate surface area is 104 Å². The first-order chi connectivity index (χ1) is 8.48. The average Bonchev–Trinajstić information content (AvgIpc) is 2.69. The van der Waals surface area contributed by atoms with E-state index in [1.165, 1.54) is 22.5 Å². The van der Waals surface area contributed by atoms with Gasteiger partial charge in [-0.1, -0.05) is 13.8 Å². The SMILES string of the molecule is CCN(CC)S(=O)(=O)c1ccc2oc(=O)[nH]c2c1. The van der Waals surface area contributed by atoms with E-state index in [9.17, 15) is 13.2 Å². The number of aromatic nitrogens is 1. The van der Waals surface area contributed by atoms with Gasteiger partial charge in [-0.2, -0.15) is 4.31 Å². The van der Waals surface area contributed by atoms with Crippen molar-refractivity contribution >= 4 is 21.1 Å². The topological polar surface area (TPSA) is 83.4 Å². The van der Waals surface area contributed by atoms with E-state index in [0.29, 0.717) is 24.2 Å². The first kappa shape index (κ1) is 12.8. The maximum absolute atomic E-state index is 12.2. The molecule has 1 aromatic heterocycles. The Hall–Kier alpha value is -1.60. The van der Waals surface area contributed by atoms with Crippen LogP contribution in [-0.4, -0.2) is 30.8 Å². The van der Waals surface area contributed by atoms with Crippen LogP contribution in [-0.2, 0) is 10.0 Å². The molecule has 0 aliphatic carbocycles. The summed E-state index contributed by atoms with van der Waals surface area (Å²) in [6, 6.07) is 4.32. The second-order valence-corrected chi connectivity index (χ2v) is 5.70. The van der Waals surface area contributed by atoms with E-state index in [0.717, 1.165) is 0 Å². The first-order valence-corrected chi connectivity index (χ1v) is 7.06. The Morgan fingerprint density at radius 3 is 2.56 bits per heavy atom. The van der Waals surface area contributed by atoms with E-state index in [-0.39, 0.29) is 4.90 Å². The van der Waals surface area contributed by atoms with Crippen LogP contribution in [0.1, 0.15) is 13.8 Å². The zero-order chi connectivity index (χ0) is 13.3. The lowest BCUT2D eigenvalue weighted by atomic mass is 10.3. The molecule has 18 heavy (non-hydrogen) atoms. The van der Waals surface area contributed by atoms with Crippen LogP contribution < -0.4 is 5.76 Å². The Balaban J connectivity index is 2.57. The summed E-state index contributed by atoms with van der Waals surface area (Å²) >= 11 is 0.